The average Bonchev–Trinajstić information content (AvgIpc) is 2.76. The number of halogens is 1. The Morgan fingerprint density at radius 2 is 1.91 bits per heavy atom. The molecule has 1 aromatic heterocycles. The second-order valence-corrected chi connectivity index (χ2v) is 10.6. The molecule has 1 aromatic rings. The summed E-state index contributed by atoms with van der Waals surface area (Å²) in [5, 5.41) is 3.84. The van der Waals surface area contributed by atoms with E-state index in [0.717, 1.165) is 18.7 Å². The topological polar surface area (TPSA) is 78.4 Å². The molecule has 2 heterocycles. The van der Waals surface area contributed by atoms with Crippen LogP contribution in [0.15, 0.2) is 11.2 Å². The molecule has 2 unspecified atom stereocenters. The van der Waals surface area contributed by atoms with Gasteiger partial charge < -0.3 is 15.1 Å². The average molecular weight is 498 g/mol. The van der Waals surface area contributed by atoms with Gasteiger partial charge in [0.05, 0.1) is 5.75 Å². The van der Waals surface area contributed by atoms with Gasteiger partial charge in [0, 0.05) is 44.2 Å². The Kier molecular flexibility index (Phi) is 11.7. The van der Waals surface area contributed by atoms with E-state index in [-0.39, 0.29) is 29.7 Å². The predicted octanol–water partition coefficient (Wildman–Crippen LogP) is 4.78. The fourth-order valence-corrected chi connectivity index (χ4v) is 4.66. The van der Waals surface area contributed by atoms with Gasteiger partial charge in [-0.05, 0) is 26.2 Å². The molecule has 0 saturated carbocycles. The molecule has 33 heavy (non-hydrogen) atoms. The highest BCUT2D eigenvalue weighted by molar-refractivity contribution is 7.99. The molecule has 1 N–H and O–H groups in total. The first-order valence-electron chi connectivity index (χ1n) is 12.2. The molecule has 1 aliphatic heterocycles. The fraction of sp³-hybridized carbons (Fsp3) is 0.750. The van der Waals surface area contributed by atoms with Crippen molar-refractivity contribution in [2.24, 2.45) is 5.92 Å². The number of carbonyl (C=O) groups excluding carboxylic acids is 2. The number of piperazine rings is 1. The number of nitrogens with zero attached hydrogens (tertiary/aromatic N) is 4. The Morgan fingerprint density at radius 1 is 1.18 bits per heavy atom. The first kappa shape index (κ1) is 27.7. The van der Waals surface area contributed by atoms with Crippen molar-refractivity contribution in [3.63, 3.8) is 0 Å². The van der Waals surface area contributed by atoms with Gasteiger partial charge in [0.1, 0.15) is 11.0 Å². The van der Waals surface area contributed by atoms with E-state index in [1.807, 2.05) is 11.8 Å². The van der Waals surface area contributed by atoms with E-state index in [9.17, 15) is 9.59 Å². The standard InChI is InChI=1S/C24H40ClN5O2S/c1-6-7-8-9-10-11-23(32)30-13-12-29(15-18(30)4)21-14-20(25)27-24(28-21)33-16-22(31)26-19(5)17(2)3/h14,17-19H,6-13,15-16H2,1-5H3,(H,26,31). The van der Waals surface area contributed by atoms with Crippen molar-refractivity contribution in [3.05, 3.63) is 11.2 Å². The zero-order valence-corrected chi connectivity index (χ0v) is 22.3. The molecule has 2 amide bonds. The summed E-state index contributed by atoms with van der Waals surface area (Å²) >= 11 is 7.55. The van der Waals surface area contributed by atoms with E-state index < -0.39 is 0 Å². The number of amides is 2. The van der Waals surface area contributed by atoms with Gasteiger partial charge in [-0.1, -0.05) is 69.8 Å². The molecular formula is C24H40ClN5O2S. The van der Waals surface area contributed by atoms with Crippen LogP contribution in [0.25, 0.3) is 0 Å². The zero-order chi connectivity index (χ0) is 24.4. The maximum absolute atomic E-state index is 12.7. The van der Waals surface area contributed by atoms with Crippen LogP contribution in [0.1, 0.15) is 73.1 Å². The lowest BCUT2D eigenvalue weighted by Gasteiger charge is -2.40. The van der Waals surface area contributed by atoms with Gasteiger partial charge in [0.2, 0.25) is 11.8 Å². The Balaban J connectivity index is 1.89. The SMILES string of the molecule is CCCCCCCC(=O)N1CCN(c2cc(Cl)nc(SCC(=O)NC(C)C(C)C)n2)CC1C. The molecule has 1 fully saturated rings. The molecule has 186 valence electrons. The van der Waals surface area contributed by atoms with Crippen LogP contribution in [-0.2, 0) is 9.59 Å². The van der Waals surface area contributed by atoms with E-state index in [2.05, 4.69) is 47.9 Å². The van der Waals surface area contributed by atoms with Gasteiger partial charge >= 0.3 is 0 Å². The van der Waals surface area contributed by atoms with Crippen LogP contribution in [0.2, 0.25) is 5.15 Å². The highest BCUT2D eigenvalue weighted by atomic mass is 35.5. The molecular weight excluding hydrogens is 458 g/mol. The number of unbranched alkanes of at least 4 members (excludes halogenated alkanes) is 4. The van der Waals surface area contributed by atoms with Crippen LogP contribution in [0, 0.1) is 5.92 Å². The largest absolute Gasteiger partial charge is 0.353 e. The molecule has 2 atom stereocenters. The highest BCUT2D eigenvalue weighted by Crippen LogP contribution is 2.24. The third-order valence-corrected chi connectivity index (χ3v) is 7.19. The maximum atomic E-state index is 12.7. The third kappa shape index (κ3) is 9.32. The Bertz CT molecular complexity index is 779. The lowest BCUT2D eigenvalue weighted by Crippen LogP contribution is -2.54. The molecule has 0 bridgehead atoms. The van der Waals surface area contributed by atoms with E-state index in [4.69, 9.17) is 11.6 Å². The molecule has 0 radical (unpaired) electrons. The number of hydrogen-bond acceptors (Lipinski definition) is 6. The number of rotatable bonds is 12. The summed E-state index contributed by atoms with van der Waals surface area (Å²) in [5.41, 5.74) is 0. The van der Waals surface area contributed by atoms with Crippen molar-refractivity contribution in [1.82, 2.24) is 20.2 Å². The van der Waals surface area contributed by atoms with Gasteiger partial charge in [-0.25, -0.2) is 9.97 Å². The minimum absolute atomic E-state index is 0.0400. The lowest BCUT2D eigenvalue weighted by atomic mass is 10.1. The number of aromatic nitrogens is 2. The second-order valence-electron chi connectivity index (χ2n) is 9.27. The van der Waals surface area contributed by atoms with E-state index in [1.54, 1.807) is 6.07 Å². The van der Waals surface area contributed by atoms with Crippen LogP contribution >= 0.6 is 23.4 Å². The molecule has 0 aliphatic carbocycles. The summed E-state index contributed by atoms with van der Waals surface area (Å²) in [4.78, 5) is 37.9. The molecule has 1 aliphatic rings. The molecule has 2 rings (SSSR count). The first-order valence-corrected chi connectivity index (χ1v) is 13.6. The van der Waals surface area contributed by atoms with Crippen molar-refractivity contribution >= 4 is 41.0 Å². The van der Waals surface area contributed by atoms with Crippen molar-refractivity contribution in [2.75, 3.05) is 30.3 Å². The van der Waals surface area contributed by atoms with Crippen molar-refractivity contribution in [3.8, 4) is 0 Å². The number of hydrogen-bond donors (Lipinski definition) is 1. The van der Waals surface area contributed by atoms with Crippen molar-refractivity contribution in [2.45, 2.75) is 90.4 Å². The van der Waals surface area contributed by atoms with E-state index in [0.29, 0.717) is 42.3 Å². The third-order valence-electron chi connectivity index (χ3n) is 6.15. The van der Waals surface area contributed by atoms with Gasteiger partial charge in [-0.15, -0.1) is 0 Å². The van der Waals surface area contributed by atoms with Crippen molar-refractivity contribution < 1.29 is 9.59 Å². The number of carbonyl (C=O) groups is 2. The van der Waals surface area contributed by atoms with Gasteiger partial charge in [0.15, 0.2) is 5.16 Å². The van der Waals surface area contributed by atoms with Gasteiger partial charge in [-0.2, -0.15) is 0 Å². The number of nitrogens with one attached hydrogen (secondary N) is 1. The minimum Gasteiger partial charge on any atom is -0.353 e. The maximum Gasteiger partial charge on any atom is 0.230 e. The van der Waals surface area contributed by atoms with Crippen LogP contribution < -0.4 is 10.2 Å². The van der Waals surface area contributed by atoms with Crippen LogP contribution in [-0.4, -0.2) is 64.2 Å². The normalized spacial score (nSPS) is 17.4. The van der Waals surface area contributed by atoms with Crippen LogP contribution in [0.5, 0.6) is 0 Å². The zero-order valence-electron chi connectivity index (χ0n) is 20.8. The second kappa shape index (κ2) is 14.0. The Labute approximate surface area is 208 Å². The molecule has 1 saturated heterocycles. The van der Waals surface area contributed by atoms with E-state index in [1.165, 1.54) is 31.0 Å². The smallest absolute Gasteiger partial charge is 0.230 e. The summed E-state index contributed by atoms with van der Waals surface area (Å²) in [6, 6.07) is 1.98. The Hall–Kier alpha value is -1.54. The molecule has 9 heteroatoms. The highest BCUT2D eigenvalue weighted by Gasteiger charge is 2.28. The van der Waals surface area contributed by atoms with Crippen LogP contribution in [0.4, 0.5) is 5.82 Å². The van der Waals surface area contributed by atoms with Gasteiger partial charge in [-0.3, -0.25) is 9.59 Å². The minimum atomic E-state index is -0.0400. The molecule has 0 aromatic carbocycles. The predicted molar refractivity (Wildman–Crippen MR) is 137 cm³/mol. The summed E-state index contributed by atoms with van der Waals surface area (Å²) in [5.74, 6) is 1.57. The summed E-state index contributed by atoms with van der Waals surface area (Å²) < 4.78 is 0. The molecule has 0 spiro atoms. The first-order chi connectivity index (χ1) is 15.7. The van der Waals surface area contributed by atoms with Crippen LogP contribution in [0.3, 0.4) is 0 Å². The number of thioether (sulfide) groups is 1. The summed E-state index contributed by atoms with van der Waals surface area (Å²) in [6.45, 7) is 12.5. The summed E-state index contributed by atoms with van der Waals surface area (Å²) in [6.07, 6.45) is 6.39. The monoisotopic (exact) mass is 497 g/mol. The quantitative estimate of drug-likeness (QED) is 0.194. The number of anilines is 1. The van der Waals surface area contributed by atoms with Gasteiger partial charge in [0.25, 0.3) is 0 Å². The fourth-order valence-electron chi connectivity index (χ4n) is 3.76. The molecule has 7 nitrogen and oxygen atoms in total. The Morgan fingerprint density at radius 3 is 2.58 bits per heavy atom. The van der Waals surface area contributed by atoms with Crippen molar-refractivity contribution in [1.29, 1.82) is 0 Å². The van der Waals surface area contributed by atoms with E-state index >= 15 is 0 Å². The lowest BCUT2D eigenvalue weighted by molar-refractivity contribution is -0.133. The summed E-state index contributed by atoms with van der Waals surface area (Å²) in [7, 11) is 0.